The number of hydrogen-bond acceptors (Lipinski definition) is 7. The van der Waals surface area contributed by atoms with Crippen molar-refractivity contribution in [2.24, 2.45) is 11.3 Å². The summed E-state index contributed by atoms with van der Waals surface area (Å²) in [6, 6.07) is 5.78. The maximum absolute atomic E-state index is 14.0. The van der Waals surface area contributed by atoms with Crippen molar-refractivity contribution >= 4 is 35.6 Å². The van der Waals surface area contributed by atoms with E-state index in [1.807, 2.05) is 0 Å². The standard InChI is InChI=1S/C33H34BF4N3O6/c1-17-31-25(8-10-33(17,2)3)46-34(47-31)26-5-4-12-41(26)27(43)15-40-32(44)20-9-11-39-23-13-18(6-7-19(20)23)45-16-24(42)28-29(37)21(35)14-22(36)30(28)38/h6-7,9,11,13-14,17,25-26,31H,4-5,8,10,12,15-16H2,1-3H3,(H,40,44)/t17-,25-,26-,31+/m0/s1. The van der Waals surface area contributed by atoms with Crippen LogP contribution in [0.5, 0.6) is 5.75 Å². The Hall–Kier alpha value is -4.04. The number of rotatable bonds is 8. The minimum absolute atomic E-state index is 0.00987. The molecule has 2 amide bonds. The zero-order valence-corrected chi connectivity index (χ0v) is 26.2. The zero-order valence-electron chi connectivity index (χ0n) is 26.2. The quantitative estimate of drug-likeness (QED) is 0.157. The van der Waals surface area contributed by atoms with Crippen LogP contribution in [0.25, 0.3) is 10.9 Å². The van der Waals surface area contributed by atoms with E-state index in [1.165, 1.54) is 30.5 Å². The van der Waals surface area contributed by atoms with E-state index >= 15 is 0 Å². The van der Waals surface area contributed by atoms with Gasteiger partial charge in [-0.3, -0.25) is 19.4 Å². The first kappa shape index (κ1) is 32.9. The number of hydrogen-bond donors (Lipinski definition) is 1. The maximum Gasteiger partial charge on any atom is 0.481 e. The molecule has 0 unspecified atom stereocenters. The number of aromatic nitrogens is 1. The average Bonchev–Trinajstić information content (AvgIpc) is 3.71. The number of fused-ring (bicyclic) bond motifs is 2. The fourth-order valence-electron chi connectivity index (χ4n) is 6.76. The third-order valence-electron chi connectivity index (χ3n) is 9.82. The summed E-state index contributed by atoms with van der Waals surface area (Å²) in [5.41, 5.74) is -0.717. The van der Waals surface area contributed by atoms with Crippen molar-refractivity contribution in [3.63, 3.8) is 0 Å². The zero-order chi connectivity index (χ0) is 33.6. The van der Waals surface area contributed by atoms with Gasteiger partial charge in [0.15, 0.2) is 29.9 Å². The molecule has 3 heterocycles. The number of nitrogens with zero attached hydrogens (tertiary/aromatic N) is 2. The molecule has 0 radical (unpaired) electrons. The Balaban J connectivity index is 1.07. The lowest BCUT2D eigenvalue weighted by Crippen LogP contribution is -2.49. The Morgan fingerprint density at radius 1 is 1.06 bits per heavy atom. The number of pyridine rings is 1. The topological polar surface area (TPSA) is 107 Å². The van der Waals surface area contributed by atoms with E-state index in [1.54, 1.807) is 4.90 Å². The second kappa shape index (κ2) is 12.9. The number of carbonyl (C=O) groups is 3. The smallest absolute Gasteiger partial charge is 0.481 e. The second-order valence-electron chi connectivity index (χ2n) is 13.0. The molecule has 3 aliphatic rings. The highest BCUT2D eigenvalue weighted by atomic mass is 19.2. The third kappa shape index (κ3) is 6.32. The molecular formula is C33H34BF4N3O6. The number of ketones is 1. The molecular weight excluding hydrogens is 621 g/mol. The van der Waals surface area contributed by atoms with Crippen LogP contribution in [0, 0.1) is 34.6 Å². The average molecular weight is 655 g/mol. The molecule has 1 N–H and O–H groups in total. The van der Waals surface area contributed by atoms with Gasteiger partial charge in [0, 0.05) is 30.3 Å². The largest absolute Gasteiger partial charge is 0.485 e. The summed E-state index contributed by atoms with van der Waals surface area (Å²) in [5.74, 6) is -8.98. The normalized spacial score (nSPS) is 23.6. The number of benzene rings is 2. The van der Waals surface area contributed by atoms with Gasteiger partial charge in [-0.25, -0.2) is 17.6 Å². The van der Waals surface area contributed by atoms with Crippen molar-refractivity contribution < 1.29 is 46.0 Å². The Kier molecular flexibility index (Phi) is 9.01. The van der Waals surface area contributed by atoms with Gasteiger partial charge in [-0.1, -0.05) is 20.8 Å². The van der Waals surface area contributed by atoms with Crippen LogP contribution in [0.2, 0.25) is 0 Å². The van der Waals surface area contributed by atoms with E-state index in [4.69, 9.17) is 14.0 Å². The van der Waals surface area contributed by atoms with E-state index in [-0.39, 0.29) is 58.9 Å². The highest BCUT2D eigenvalue weighted by molar-refractivity contribution is 6.47. The first-order valence-electron chi connectivity index (χ1n) is 15.6. The van der Waals surface area contributed by atoms with Crippen LogP contribution in [0.3, 0.4) is 0 Å². The van der Waals surface area contributed by atoms with E-state index in [0.29, 0.717) is 17.8 Å². The highest BCUT2D eigenvalue weighted by Gasteiger charge is 2.54. The first-order chi connectivity index (χ1) is 22.4. The van der Waals surface area contributed by atoms with Crippen LogP contribution in [0.4, 0.5) is 17.6 Å². The van der Waals surface area contributed by atoms with Crippen molar-refractivity contribution in [2.75, 3.05) is 19.7 Å². The molecule has 2 aliphatic heterocycles. The van der Waals surface area contributed by atoms with E-state index in [0.717, 1.165) is 25.7 Å². The van der Waals surface area contributed by atoms with Crippen molar-refractivity contribution in [2.45, 2.75) is 64.6 Å². The van der Waals surface area contributed by atoms with E-state index < -0.39 is 54.2 Å². The Bertz CT molecular complexity index is 1720. The summed E-state index contributed by atoms with van der Waals surface area (Å²) in [7, 11) is -0.507. The second-order valence-corrected chi connectivity index (χ2v) is 13.0. The molecule has 47 heavy (non-hydrogen) atoms. The predicted molar refractivity (Wildman–Crippen MR) is 163 cm³/mol. The molecule has 4 atom stereocenters. The maximum atomic E-state index is 14.0. The summed E-state index contributed by atoms with van der Waals surface area (Å²) < 4.78 is 73.0. The number of Topliss-reactive ketones (excluding diaryl/α,β-unsaturated/α-hetero) is 1. The number of nitrogens with one attached hydrogen (secondary N) is 1. The van der Waals surface area contributed by atoms with Crippen LogP contribution in [0.1, 0.15) is 67.2 Å². The third-order valence-corrected chi connectivity index (χ3v) is 9.82. The molecule has 0 spiro atoms. The molecule has 0 bridgehead atoms. The minimum Gasteiger partial charge on any atom is -0.485 e. The van der Waals surface area contributed by atoms with Gasteiger partial charge in [0.2, 0.25) is 11.7 Å². The number of ether oxygens (including phenoxy) is 1. The minimum atomic E-state index is -1.82. The first-order valence-corrected chi connectivity index (χ1v) is 15.6. The SMILES string of the molecule is C[C@H]1[C@H]2OB([C@@H]3CCCN3C(=O)CNC(=O)c3ccnc4cc(OCC(=O)c5c(F)c(F)cc(F)c5F)ccc34)O[C@H]2CCC1(C)C. The molecule has 3 aromatic rings. The molecule has 3 fully saturated rings. The molecule has 248 valence electrons. The van der Waals surface area contributed by atoms with Gasteiger partial charge in [0.25, 0.3) is 5.91 Å². The van der Waals surface area contributed by atoms with Crippen molar-refractivity contribution in [1.82, 2.24) is 15.2 Å². The van der Waals surface area contributed by atoms with Crippen molar-refractivity contribution in [3.8, 4) is 5.75 Å². The summed E-state index contributed by atoms with van der Waals surface area (Å²) in [4.78, 5) is 44.8. The van der Waals surface area contributed by atoms with E-state index in [2.05, 4.69) is 31.1 Å². The molecule has 1 aliphatic carbocycles. The van der Waals surface area contributed by atoms with Crippen molar-refractivity contribution in [1.29, 1.82) is 0 Å². The summed E-state index contributed by atoms with van der Waals surface area (Å²) in [5, 5.41) is 3.10. The molecule has 2 saturated heterocycles. The number of amides is 2. The summed E-state index contributed by atoms with van der Waals surface area (Å²) in [6.45, 7) is 6.06. The van der Waals surface area contributed by atoms with Crippen LogP contribution in [-0.4, -0.2) is 72.4 Å². The number of halogens is 4. The monoisotopic (exact) mass is 655 g/mol. The Morgan fingerprint density at radius 2 is 1.81 bits per heavy atom. The Morgan fingerprint density at radius 3 is 2.55 bits per heavy atom. The number of carbonyl (C=O) groups excluding carboxylic acids is 3. The van der Waals surface area contributed by atoms with Gasteiger partial charge in [0.1, 0.15) is 5.75 Å². The number of likely N-dealkylation sites (tertiary alicyclic amines) is 1. The summed E-state index contributed by atoms with van der Waals surface area (Å²) >= 11 is 0. The molecule has 2 aromatic carbocycles. The molecule has 6 rings (SSSR count). The lowest BCUT2D eigenvalue weighted by molar-refractivity contribution is -0.130. The Labute approximate surface area is 269 Å². The molecule has 1 saturated carbocycles. The van der Waals surface area contributed by atoms with Crippen LogP contribution in [0.15, 0.2) is 36.5 Å². The van der Waals surface area contributed by atoms with Gasteiger partial charge in [-0.2, -0.15) is 0 Å². The molecule has 1 aromatic heterocycles. The van der Waals surface area contributed by atoms with Crippen molar-refractivity contribution in [3.05, 3.63) is 70.9 Å². The lowest BCUT2D eigenvalue weighted by Gasteiger charge is -2.42. The van der Waals surface area contributed by atoms with Gasteiger partial charge < -0.3 is 24.3 Å². The van der Waals surface area contributed by atoms with Gasteiger partial charge >= 0.3 is 7.12 Å². The van der Waals surface area contributed by atoms with Gasteiger partial charge in [-0.05, 0) is 55.2 Å². The predicted octanol–water partition coefficient (Wildman–Crippen LogP) is 5.04. The summed E-state index contributed by atoms with van der Waals surface area (Å²) in [6.07, 6.45) is 4.88. The van der Waals surface area contributed by atoms with Crippen LogP contribution >= 0.6 is 0 Å². The van der Waals surface area contributed by atoms with Gasteiger partial charge in [-0.15, -0.1) is 0 Å². The highest BCUT2D eigenvalue weighted by Crippen LogP contribution is 2.46. The van der Waals surface area contributed by atoms with Crippen LogP contribution < -0.4 is 10.1 Å². The molecule has 14 heteroatoms. The molecule has 9 nitrogen and oxygen atoms in total. The van der Waals surface area contributed by atoms with Crippen LogP contribution in [-0.2, 0) is 14.1 Å². The lowest BCUT2D eigenvalue weighted by atomic mass is 9.67. The van der Waals surface area contributed by atoms with Gasteiger partial charge in [0.05, 0.1) is 41.3 Å². The fraction of sp³-hybridized carbons (Fsp3) is 0.455. The van der Waals surface area contributed by atoms with E-state index in [9.17, 15) is 31.9 Å². The fourth-order valence-corrected chi connectivity index (χ4v) is 6.76.